The van der Waals surface area contributed by atoms with Crippen molar-refractivity contribution < 1.29 is 19.1 Å². The molecule has 2 atom stereocenters. The van der Waals surface area contributed by atoms with E-state index in [0.717, 1.165) is 36.0 Å². The van der Waals surface area contributed by atoms with E-state index in [9.17, 15) is 14.4 Å². The molecule has 8 heteroatoms. The highest BCUT2D eigenvalue weighted by Gasteiger charge is 2.35. The first kappa shape index (κ1) is 31.5. The number of nitrogens with one attached hydrogen (secondary N) is 2. The van der Waals surface area contributed by atoms with Crippen LogP contribution < -0.4 is 10.6 Å². The van der Waals surface area contributed by atoms with Gasteiger partial charge in [-0.3, -0.25) is 9.59 Å². The molecule has 1 aromatic carbocycles. The standard InChI is InChI=1S/C28H45N3O4S/c1-9-11-12-16-29-25(32)24(22-14-13-20(3)21(4)19-22)31(17-10-2)26(33)23(15-18-36-8)30-27(34)35-28(5,6)7/h10,13-14,19,23-24H,2,9,11-12,15-18H2,1,3-8H3,(H,29,32)(H,30,34). The van der Waals surface area contributed by atoms with Crippen LogP contribution in [0.5, 0.6) is 0 Å². The largest absolute Gasteiger partial charge is 0.444 e. The second-order valence-electron chi connectivity index (χ2n) is 10.0. The normalized spacial score (nSPS) is 12.9. The van der Waals surface area contributed by atoms with Gasteiger partial charge in [-0.05, 0) is 76.2 Å². The Kier molecular flexibility index (Phi) is 13.7. The van der Waals surface area contributed by atoms with Crippen LogP contribution in [-0.4, -0.2) is 59.5 Å². The van der Waals surface area contributed by atoms with E-state index in [1.165, 1.54) is 4.90 Å². The zero-order chi connectivity index (χ0) is 27.3. The number of carbonyl (C=O) groups excluding carboxylic acids is 3. The lowest BCUT2D eigenvalue weighted by Crippen LogP contribution is -2.53. The van der Waals surface area contributed by atoms with Crippen LogP contribution in [0.15, 0.2) is 30.9 Å². The summed E-state index contributed by atoms with van der Waals surface area (Å²) in [6.07, 6.45) is 6.23. The summed E-state index contributed by atoms with van der Waals surface area (Å²) in [7, 11) is 0. The zero-order valence-corrected chi connectivity index (χ0v) is 23.9. The van der Waals surface area contributed by atoms with Crippen molar-refractivity contribution in [3.63, 3.8) is 0 Å². The number of carbonyl (C=O) groups is 3. The Morgan fingerprint density at radius 1 is 1.17 bits per heavy atom. The van der Waals surface area contributed by atoms with Crippen LogP contribution in [-0.2, 0) is 14.3 Å². The monoisotopic (exact) mass is 519 g/mol. The quantitative estimate of drug-likeness (QED) is 0.257. The predicted molar refractivity (Wildman–Crippen MR) is 149 cm³/mol. The molecule has 7 nitrogen and oxygen atoms in total. The van der Waals surface area contributed by atoms with Crippen LogP contribution in [0.4, 0.5) is 4.79 Å². The van der Waals surface area contributed by atoms with Crippen molar-refractivity contribution in [1.29, 1.82) is 0 Å². The molecule has 0 fully saturated rings. The molecule has 0 bridgehead atoms. The number of benzene rings is 1. The number of thioether (sulfide) groups is 1. The molecule has 0 saturated heterocycles. The Morgan fingerprint density at radius 2 is 1.86 bits per heavy atom. The Bertz CT molecular complexity index is 882. The second-order valence-corrected chi connectivity index (χ2v) is 11.0. The molecule has 0 aliphatic rings. The van der Waals surface area contributed by atoms with Gasteiger partial charge in [-0.25, -0.2) is 4.79 Å². The minimum absolute atomic E-state index is 0.157. The summed E-state index contributed by atoms with van der Waals surface area (Å²) < 4.78 is 5.41. The summed E-state index contributed by atoms with van der Waals surface area (Å²) in [4.78, 5) is 41.5. The van der Waals surface area contributed by atoms with Gasteiger partial charge in [0.2, 0.25) is 11.8 Å². The van der Waals surface area contributed by atoms with Crippen molar-refractivity contribution >= 4 is 29.7 Å². The van der Waals surface area contributed by atoms with E-state index in [4.69, 9.17) is 4.74 Å². The third-order valence-corrected chi connectivity index (χ3v) is 6.34. The van der Waals surface area contributed by atoms with Gasteiger partial charge >= 0.3 is 6.09 Å². The van der Waals surface area contributed by atoms with Gasteiger partial charge in [0.15, 0.2) is 0 Å². The van der Waals surface area contributed by atoms with E-state index in [-0.39, 0.29) is 18.4 Å². The van der Waals surface area contributed by atoms with Gasteiger partial charge in [0.05, 0.1) is 0 Å². The Labute approximate surface area is 221 Å². The van der Waals surface area contributed by atoms with Gasteiger partial charge in [0, 0.05) is 13.1 Å². The Morgan fingerprint density at radius 3 is 2.42 bits per heavy atom. The van der Waals surface area contributed by atoms with Crippen LogP contribution in [0, 0.1) is 13.8 Å². The molecule has 1 rings (SSSR count). The molecular weight excluding hydrogens is 474 g/mol. The number of unbranched alkanes of at least 4 members (excludes halogenated alkanes) is 2. The number of alkyl carbamates (subject to hydrolysis) is 1. The van der Waals surface area contributed by atoms with Crippen molar-refractivity contribution in [3.05, 3.63) is 47.5 Å². The fourth-order valence-corrected chi connectivity index (χ4v) is 4.17. The molecule has 3 amide bonds. The zero-order valence-electron chi connectivity index (χ0n) is 23.1. The van der Waals surface area contributed by atoms with Crippen LogP contribution in [0.25, 0.3) is 0 Å². The minimum atomic E-state index is -0.853. The number of rotatable bonds is 14. The predicted octanol–water partition coefficient (Wildman–Crippen LogP) is 5.31. The van der Waals surface area contributed by atoms with E-state index in [0.29, 0.717) is 18.7 Å². The number of ether oxygens (including phenoxy) is 1. The number of hydrogen-bond acceptors (Lipinski definition) is 5. The first-order chi connectivity index (χ1) is 16.9. The minimum Gasteiger partial charge on any atom is -0.444 e. The van der Waals surface area contributed by atoms with Gasteiger partial charge < -0.3 is 20.3 Å². The van der Waals surface area contributed by atoms with E-state index in [2.05, 4.69) is 24.1 Å². The molecular formula is C28H45N3O4S. The molecule has 202 valence electrons. The molecule has 0 spiro atoms. The summed E-state index contributed by atoms with van der Waals surface area (Å²) in [5.41, 5.74) is 2.17. The molecule has 0 aromatic heterocycles. The maximum atomic E-state index is 13.9. The second kappa shape index (κ2) is 15.6. The fourth-order valence-electron chi connectivity index (χ4n) is 3.70. The smallest absolute Gasteiger partial charge is 0.408 e. The summed E-state index contributed by atoms with van der Waals surface area (Å²) in [6.45, 7) is 15.9. The van der Waals surface area contributed by atoms with E-state index in [1.54, 1.807) is 38.6 Å². The molecule has 0 saturated carbocycles. The topological polar surface area (TPSA) is 87.7 Å². The summed E-state index contributed by atoms with van der Waals surface area (Å²) in [6, 6.07) is 4.11. The van der Waals surface area contributed by atoms with E-state index < -0.39 is 23.8 Å². The summed E-state index contributed by atoms with van der Waals surface area (Å²) >= 11 is 1.58. The average molecular weight is 520 g/mol. The first-order valence-electron chi connectivity index (χ1n) is 12.7. The highest BCUT2D eigenvalue weighted by Crippen LogP contribution is 2.25. The highest BCUT2D eigenvalue weighted by molar-refractivity contribution is 7.98. The lowest BCUT2D eigenvalue weighted by atomic mass is 9.98. The summed E-state index contributed by atoms with van der Waals surface area (Å²) in [5.74, 6) is 0.0678. The van der Waals surface area contributed by atoms with Gasteiger partial charge in [0.1, 0.15) is 17.7 Å². The number of nitrogens with zero attached hydrogens (tertiary/aromatic N) is 1. The lowest BCUT2D eigenvalue weighted by molar-refractivity contribution is -0.141. The Balaban J connectivity index is 3.38. The van der Waals surface area contributed by atoms with Crippen LogP contribution in [0.2, 0.25) is 0 Å². The molecule has 1 aromatic rings. The molecule has 0 heterocycles. The number of aryl methyl sites for hydroxylation is 2. The van der Waals surface area contributed by atoms with E-state index in [1.807, 2.05) is 38.3 Å². The van der Waals surface area contributed by atoms with Crippen molar-refractivity contribution in [1.82, 2.24) is 15.5 Å². The van der Waals surface area contributed by atoms with Crippen LogP contribution in [0.3, 0.4) is 0 Å². The molecule has 0 aliphatic heterocycles. The van der Waals surface area contributed by atoms with Crippen LogP contribution in [0.1, 0.15) is 76.1 Å². The van der Waals surface area contributed by atoms with E-state index >= 15 is 0 Å². The molecule has 0 radical (unpaired) electrons. The van der Waals surface area contributed by atoms with Crippen molar-refractivity contribution in [2.45, 2.75) is 84.9 Å². The maximum absolute atomic E-state index is 13.9. The Hall–Kier alpha value is -2.48. The van der Waals surface area contributed by atoms with Gasteiger partial charge in [-0.2, -0.15) is 11.8 Å². The molecule has 2 N–H and O–H groups in total. The van der Waals surface area contributed by atoms with Crippen molar-refractivity contribution in [2.75, 3.05) is 25.1 Å². The van der Waals surface area contributed by atoms with Gasteiger partial charge in [-0.1, -0.05) is 44.0 Å². The number of amides is 3. The molecule has 0 aliphatic carbocycles. The summed E-state index contributed by atoms with van der Waals surface area (Å²) in [5, 5.41) is 5.76. The van der Waals surface area contributed by atoms with Crippen molar-refractivity contribution in [2.24, 2.45) is 0 Å². The SMILES string of the molecule is C=CCN(C(=O)C(CCSC)NC(=O)OC(C)(C)C)C(C(=O)NCCCCC)c1ccc(C)c(C)c1. The number of hydrogen-bond donors (Lipinski definition) is 2. The highest BCUT2D eigenvalue weighted by atomic mass is 32.2. The fraction of sp³-hybridized carbons (Fsp3) is 0.607. The third-order valence-electron chi connectivity index (χ3n) is 5.69. The average Bonchev–Trinajstić information content (AvgIpc) is 2.79. The molecule has 36 heavy (non-hydrogen) atoms. The van der Waals surface area contributed by atoms with Crippen molar-refractivity contribution in [3.8, 4) is 0 Å². The maximum Gasteiger partial charge on any atom is 0.408 e. The van der Waals surface area contributed by atoms with Gasteiger partial charge in [0.25, 0.3) is 0 Å². The van der Waals surface area contributed by atoms with Crippen LogP contribution >= 0.6 is 11.8 Å². The molecule has 2 unspecified atom stereocenters. The lowest BCUT2D eigenvalue weighted by Gasteiger charge is -2.34. The first-order valence-corrected chi connectivity index (χ1v) is 14.1. The van der Waals surface area contributed by atoms with Gasteiger partial charge in [-0.15, -0.1) is 6.58 Å². The third kappa shape index (κ3) is 10.6.